The monoisotopic (exact) mass is 271 g/mol. The molecular formula is C12H11ClFNOS. The van der Waals surface area contributed by atoms with Crippen LogP contribution >= 0.6 is 23.4 Å². The van der Waals surface area contributed by atoms with E-state index in [2.05, 4.69) is 4.99 Å². The number of aliphatic imine (C=N–C) groups is 1. The van der Waals surface area contributed by atoms with Gasteiger partial charge in [0.25, 0.3) is 0 Å². The summed E-state index contributed by atoms with van der Waals surface area (Å²) >= 11 is 7.29. The zero-order chi connectivity index (χ0) is 12.5. The first-order valence-corrected chi connectivity index (χ1v) is 6.86. The van der Waals surface area contributed by atoms with E-state index in [9.17, 15) is 9.18 Å². The van der Waals surface area contributed by atoms with Gasteiger partial charge >= 0.3 is 0 Å². The lowest BCUT2D eigenvalue weighted by molar-refractivity contribution is 0.255. The van der Waals surface area contributed by atoms with Gasteiger partial charge in [-0.25, -0.2) is 9.18 Å². The number of thioether (sulfide) groups is 1. The number of halogens is 2. The van der Waals surface area contributed by atoms with Crippen molar-refractivity contribution in [1.82, 2.24) is 0 Å². The van der Waals surface area contributed by atoms with E-state index in [1.165, 1.54) is 17.8 Å². The van der Waals surface area contributed by atoms with Crippen molar-refractivity contribution in [3.05, 3.63) is 28.5 Å². The van der Waals surface area contributed by atoms with Crippen LogP contribution in [-0.4, -0.2) is 12.3 Å². The van der Waals surface area contributed by atoms with Crippen LogP contribution in [0.25, 0.3) is 0 Å². The lowest BCUT2D eigenvalue weighted by Crippen LogP contribution is -2.32. The van der Waals surface area contributed by atoms with E-state index < -0.39 is 5.54 Å². The molecule has 5 heteroatoms. The second-order valence-electron chi connectivity index (χ2n) is 4.06. The quantitative estimate of drug-likeness (QED) is 0.474. The molecule has 1 aliphatic carbocycles. The zero-order valence-corrected chi connectivity index (χ0v) is 10.9. The summed E-state index contributed by atoms with van der Waals surface area (Å²) in [5.41, 5.74) is 0.0794. The minimum Gasteiger partial charge on any atom is -0.211 e. The first-order valence-electron chi connectivity index (χ1n) is 5.25. The highest BCUT2D eigenvalue weighted by molar-refractivity contribution is 7.98. The zero-order valence-electron chi connectivity index (χ0n) is 9.30. The van der Waals surface area contributed by atoms with E-state index >= 15 is 0 Å². The number of isocyanates is 1. The number of rotatable bonds is 3. The Balaban J connectivity index is 2.49. The van der Waals surface area contributed by atoms with Gasteiger partial charge in [-0.3, -0.25) is 0 Å². The number of nitrogens with zero attached hydrogens (tertiary/aromatic N) is 1. The van der Waals surface area contributed by atoms with Crippen molar-refractivity contribution in [2.45, 2.75) is 29.7 Å². The molecule has 1 aliphatic rings. The van der Waals surface area contributed by atoms with E-state index in [0.717, 1.165) is 19.3 Å². The summed E-state index contributed by atoms with van der Waals surface area (Å²) in [6.07, 6.45) is 5.83. The molecule has 2 rings (SSSR count). The first-order chi connectivity index (χ1) is 8.13. The summed E-state index contributed by atoms with van der Waals surface area (Å²) < 4.78 is 13.8. The lowest BCUT2D eigenvalue weighted by Gasteiger charge is -2.37. The van der Waals surface area contributed by atoms with Crippen molar-refractivity contribution in [2.24, 2.45) is 4.99 Å². The molecule has 1 aromatic rings. The fourth-order valence-electron chi connectivity index (χ4n) is 2.09. The van der Waals surface area contributed by atoms with Crippen LogP contribution in [-0.2, 0) is 10.3 Å². The van der Waals surface area contributed by atoms with Gasteiger partial charge in [-0.15, -0.1) is 11.8 Å². The molecule has 0 amide bonds. The average molecular weight is 272 g/mol. The molecule has 17 heavy (non-hydrogen) atoms. The molecule has 2 nitrogen and oxygen atoms in total. The second-order valence-corrected chi connectivity index (χ2v) is 5.29. The van der Waals surface area contributed by atoms with Gasteiger partial charge < -0.3 is 0 Å². The maximum absolute atomic E-state index is 13.8. The molecule has 0 atom stereocenters. The predicted molar refractivity (Wildman–Crippen MR) is 66.8 cm³/mol. The van der Waals surface area contributed by atoms with Crippen LogP contribution in [0.2, 0.25) is 5.02 Å². The van der Waals surface area contributed by atoms with Gasteiger partial charge in [0.1, 0.15) is 5.82 Å². The molecular weight excluding hydrogens is 261 g/mol. The minimum absolute atomic E-state index is 0.354. The highest BCUT2D eigenvalue weighted by atomic mass is 35.5. The number of hydrogen-bond acceptors (Lipinski definition) is 3. The molecule has 0 radical (unpaired) electrons. The van der Waals surface area contributed by atoms with E-state index in [1.54, 1.807) is 18.4 Å². The van der Waals surface area contributed by atoms with E-state index in [4.69, 9.17) is 11.6 Å². The number of hydrogen-bond donors (Lipinski definition) is 0. The smallest absolute Gasteiger partial charge is 0.211 e. The molecule has 90 valence electrons. The highest BCUT2D eigenvalue weighted by Crippen LogP contribution is 2.46. The van der Waals surface area contributed by atoms with Gasteiger partial charge in [0.15, 0.2) is 0 Å². The number of benzene rings is 1. The highest BCUT2D eigenvalue weighted by Gasteiger charge is 2.39. The Morgan fingerprint density at radius 2 is 2.24 bits per heavy atom. The van der Waals surface area contributed by atoms with Crippen molar-refractivity contribution < 1.29 is 9.18 Å². The Hall–Kier alpha value is -0.830. The van der Waals surface area contributed by atoms with Crippen LogP contribution in [0.4, 0.5) is 4.39 Å². The third-order valence-corrected chi connectivity index (χ3v) is 4.41. The van der Waals surface area contributed by atoms with Gasteiger partial charge in [-0.1, -0.05) is 11.6 Å². The lowest BCUT2D eigenvalue weighted by atomic mass is 9.72. The minimum atomic E-state index is -0.594. The maximum atomic E-state index is 13.8. The fraction of sp³-hybridized carbons (Fsp3) is 0.417. The van der Waals surface area contributed by atoms with Crippen molar-refractivity contribution >= 4 is 29.4 Å². The van der Waals surface area contributed by atoms with Crippen molar-refractivity contribution in [3.8, 4) is 0 Å². The molecule has 0 N–H and O–H groups in total. The normalized spacial score (nSPS) is 17.1. The summed E-state index contributed by atoms with van der Waals surface area (Å²) in [4.78, 5) is 14.7. The van der Waals surface area contributed by atoms with Crippen LogP contribution in [0.3, 0.4) is 0 Å². The van der Waals surface area contributed by atoms with Crippen molar-refractivity contribution in [2.75, 3.05) is 6.26 Å². The molecule has 0 aliphatic heterocycles. The Morgan fingerprint density at radius 3 is 2.65 bits per heavy atom. The first kappa shape index (κ1) is 12.6. The fourth-order valence-corrected chi connectivity index (χ4v) is 3.03. The summed E-state index contributed by atoms with van der Waals surface area (Å²) in [6, 6.07) is 3.13. The Bertz CT molecular complexity index is 472. The van der Waals surface area contributed by atoms with E-state index in [0.29, 0.717) is 15.5 Å². The SMILES string of the molecule is CSc1c(F)cc(C2(N=C=O)CCC2)cc1Cl. The average Bonchev–Trinajstić information content (AvgIpc) is 2.23. The molecule has 0 heterocycles. The molecule has 1 aromatic carbocycles. The van der Waals surface area contributed by atoms with Crippen LogP contribution in [0.15, 0.2) is 22.0 Å². The molecule has 0 bridgehead atoms. The summed E-state index contributed by atoms with van der Waals surface area (Å²) in [5.74, 6) is -0.354. The Labute approximate surface area is 108 Å². The third-order valence-electron chi connectivity index (χ3n) is 3.18. The Kier molecular flexibility index (Phi) is 3.57. The molecule has 0 unspecified atom stereocenters. The standard InChI is InChI=1S/C12H11ClFNOS/c1-17-11-9(13)5-8(6-10(11)14)12(15-7-16)3-2-4-12/h5-6H,2-4H2,1H3. The maximum Gasteiger partial charge on any atom is 0.235 e. The molecule has 1 saturated carbocycles. The summed E-state index contributed by atoms with van der Waals surface area (Å²) in [7, 11) is 0. The van der Waals surface area contributed by atoms with Crippen molar-refractivity contribution in [3.63, 3.8) is 0 Å². The van der Waals surface area contributed by atoms with Crippen LogP contribution in [0.1, 0.15) is 24.8 Å². The summed E-state index contributed by atoms with van der Waals surface area (Å²) in [6.45, 7) is 0. The Morgan fingerprint density at radius 1 is 1.53 bits per heavy atom. The van der Waals surface area contributed by atoms with Crippen LogP contribution < -0.4 is 0 Å². The van der Waals surface area contributed by atoms with E-state index in [1.807, 2.05) is 0 Å². The van der Waals surface area contributed by atoms with Gasteiger partial charge in [-0.05, 0) is 43.2 Å². The van der Waals surface area contributed by atoms with Gasteiger partial charge in [0.05, 0.1) is 15.5 Å². The predicted octanol–water partition coefficient (Wildman–Crippen LogP) is 3.92. The van der Waals surface area contributed by atoms with E-state index in [-0.39, 0.29) is 5.82 Å². The largest absolute Gasteiger partial charge is 0.235 e. The third kappa shape index (κ3) is 2.13. The molecule has 1 fully saturated rings. The van der Waals surface area contributed by atoms with Gasteiger partial charge in [0, 0.05) is 0 Å². The molecule has 0 aromatic heterocycles. The number of carbonyl (C=O) groups excluding carboxylic acids is 1. The molecule has 0 spiro atoms. The van der Waals surface area contributed by atoms with Crippen molar-refractivity contribution in [1.29, 1.82) is 0 Å². The van der Waals surface area contributed by atoms with Gasteiger partial charge in [0.2, 0.25) is 6.08 Å². The van der Waals surface area contributed by atoms with Crippen LogP contribution in [0, 0.1) is 5.82 Å². The molecule has 0 saturated heterocycles. The second kappa shape index (κ2) is 4.81. The summed E-state index contributed by atoms with van der Waals surface area (Å²) in [5, 5.41) is 0.375. The topological polar surface area (TPSA) is 29.4 Å². The van der Waals surface area contributed by atoms with Gasteiger partial charge in [-0.2, -0.15) is 4.99 Å². The van der Waals surface area contributed by atoms with Crippen LogP contribution in [0.5, 0.6) is 0 Å².